The summed E-state index contributed by atoms with van der Waals surface area (Å²) in [5, 5.41) is 4.89. The third-order valence-electron chi connectivity index (χ3n) is 4.63. The average molecular weight is 522 g/mol. The highest BCUT2D eigenvalue weighted by Gasteiger charge is 2.28. The van der Waals surface area contributed by atoms with Gasteiger partial charge in [0.2, 0.25) is 11.8 Å². The van der Waals surface area contributed by atoms with Crippen molar-refractivity contribution >= 4 is 70.0 Å². The molecule has 0 aromatic heterocycles. The van der Waals surface area contributed by atoms with E-state index in [4.69, 9.17) is 46.4 Å². The van der Waals surface area contributed by atoms with Crippen molar-refractivity contribution in [3.05, 3.63) is 67.6 Å². The highest BCUT2D eigenvalue weighted by molar-refractivity contribution is 7.99. The van der Waals surface area contributed by atoms with Gasteiger partial charge < -0.3 is 10.2 Å². The molecule has 2 amide bonds. The van der Waals surface area contributed by atoms with Crippen LogP contribution in [0.1, 0.15) is 31.4 Å². The van der Waals surface area contributed by atoms with Crippen LogP contribution in [0.25, 0.3) is 0 Å². The molecule has 2 aromatic carbocycles. The van der Waals surface area contributed by atoms with Gasteiger partial charge in [-0.05, 0) is 48.7 Å². The maximum absolute atomic E-state index is 13.2. The largest absolute Gasteiger partial charge is 0.355 e. The number of rotatable bonds is 10. The van der Waals surface area contributed by atoms with Crippen LogP contribution in [0.4, 0.5) is 0 Å². The first-order valence-corrected chi connectivity index (χ1v) is 12.5. The predicted octanol–water partition coefficient (Wildman–Crippen LogP) is 6.48. The SMILES string of the molecule is CCNC(=O)[C@H](CC)N(Cc1ccc(Cl)cc1Cl)C(=O)CSCc1c(Cl)cccc1Cl. The Hall–Kier alpha value is -1.11. The first kappa shape index (κ1) is 26.1. The van der Waals surface area contributed by atoms with E-state index in [1.54, 1.807) is 41.3 Å². The second kappa shape index (κ2) is 12.8. The molecule has 0 saturated heterocycles. The van der Waals surface area contributed by atoms with Gasteiger partial charge in [0.05, 0.1) is 5.75 Å². The van der Waals surface area contributed by atoms with E-state index in [9.17, 15) is 9.59 Å². The number of likely N-dealkylation sites (N-methyl/N-ethyl adjacent to an activating group) is 1. The van der Waals surface area contributed by atoms with E-state index < -0.39 is 6.04 Å². The maximum Gasteiger partial charge on any atom is 0.242 e. The molecule has 0 aliphatic heterocycles. The number of carbonyl (C=O) groups excluding carboxylic acids is 2. The molecule has 0 unspecified atom stereocenters. The molecule has 9 heteroatoms. The Labute approximate surface area is 207 Å². The lowest BCUT2D eigenvalue weighted by molar-refractivity contribution is -0.139. The van der Waals surface area contributed by atoms with Crippen molar-refractivity contribution in [3.8, 4) is 0 Å². The quantitative estimate of drug-likeness (QED) is 0.389. The van der Waals surface area contributed by atoms with Crippen LogP contribution in [0, 0.1) is 0 Å². The molecule has 168 valence electrons. The van der Waals surface area contributed by atoms with Crippen LogP contribution in [0.3, 0.4) is 0 Å². The summed E-state index contributed by atoms with van der Waals surface area (Å²) >= 11 is 26.2. The standard InChI is InChI=1S/C22H24Cl4N2O2S/c1-3-20(22(30)27-4-2)28(11-14-8-9-15(23)10-19(14)26)21(29)13-31-12-16-17(24)6-5-7-18(16)25/h5-10,20H,3-4,11-13H2,1-2H3,(H,27,30)/t20-/m0/s1. The highest BCUT2D eigenvalue weighted by Crippen LogP contribution is 2.29. The number of thioether (sulfide) groups is 1. The Bertz CT molecular complexity index is 906. The van der Waals surface area contributed by atoms with Crippen LogP contribution in [-0.2, 0) is 21.9 Å². The van der Waals surface area contributed by atoms with Crippen molar-refractivity contribution in [3.63, 3.8) is 0 Å². The second-order valence-corrected chi connectivity index (χ2v) is 9.41. The normalized spacial score (nSPS) is 11.8. The molecule has 0 bridgehead atoms. The lowest BCUT2D eigenvalue weighted by Gasteiger charge is -2.31. The summed E-state index contributed by atoms with van der Waals surface area (Å²) in [6.45, 7) is 4.41. The van der Waals surface area contributed by atoms with Crippen molar-refractivity contribution < 1.29 is 9.59 Å². The summed E-state index contributed by atoms with van der Waals surface area (Å²) in [4.78, 5) is 27.4. The van der Waals surface area contributed by atoms with Crippen LogP contribution < -0.4 is 5.32 Å². The fourth-order valence-electron chi connectivity index (χ4n) is 3.04. The Balaban J connectivity index is 2.19. The number of hydrogen-bond donors (Lipinski definition) is 1. The molecule has 0 radical (unpaired) electrons. The lowest BCUT2D eigenvalue weighted by atomic mass is 10.1. The minimum atomic E-state index is -0.608. The van der Waals surface area contributed by atoms with E-state index in [0.717, 1.165) is 11.1 Å². The third-order valence-corrected chi connectivity index (χ3v) is 6.87. The van der Waals surface area contributed by atoms with Crippen LogP contribution in [0.15, 0.2) is 36.4 Å². The van der Waals surface area contributed by atoms with Crippen molar-refractivity contribution in [1.29, 1.82) is 0 Å². The number of nitrogens with one attached hydrogen (secondary N) is 1. The first-order valence-electron chi connectivity index (χ1n) is 9.80. The van der Waals surface area contributed by atoms with Gasteiger partial charge in [-0.25, -0.2) is 0 Å². The zero-order chi connectivity index (χ0) is 23.0. The Kier molecular flexibility index (Phi) is 10.8. The maximum atomic E-state index is 13.2. The van der Waals surface area contributed by atoms with Gasteiger partial charge in [0.25, 0.3) is 0 Å². The molecule has 4 nitrogen and oxygen atoms in total. The van der Waals surface area contributed by atoms with Gasteiger partial charge in [-0.15, -0.1) is 11.8 Å². The first-order chi connectivity index (χ1) is 14.8. The number of nitrogens with zero attached hydrogens (tertiary/aromatic N) is 1. The van der Waals surface area contributed by atoms with Gasteiger partial charge in [0.1, 0.15) is 6.04 Å². The second-order valence-electron chi connectivity index (χ2n) is 6.77. The zero-order valence-corrected chi connectivity index (χ0v) is 21.1. The lowest BCUT2D eigenvalue weighted by Crippen LogP contribution is -2.49. The number of amides is 2. The van der Waals surface area contributed by atoms with E-state index in [-0.39, 0.29) is 24.1 Å². The van der Waals surface area contributed by atoms with E-state index >= 15 is 0 Å². The summed E-state index contributed by atoms with van der Waals surface area (Å²) in [7, 11) is 0. The van der Waals surface area contributed by atoms with E-state index in [0.29, 0.717) is 38.8 Å². The molecule has 1 N–H and O–H groups in total. The molecule has 0 spiro atoms. The van der Waals surface area contributed by atoms with Crippen molar-refractivity contribution in [2.24, 2.45) is 0 Å². The summed E-state index contributed by atoms with van der Waals surface area (Å²) in [5.74, 6) is 0.292. The third kappa shape index (κ3) is 7.47. The van der Waals surface area contributed by atoms with Gasteiger partial charge in [-0.2, -0.15) is 0 Å². The topological polar surface area (TPSA) is 49.4 Å². The van der Waals surface area contributed by atoms with E-state index in [1.165, 1.54) is 11.8 Å². The van der Waals surface area contributed by atoms with Gasteiger partial charge in [0.15, 0.2) is 0 Å². The Morgan fingerprint density at radius 1 is 1.03 bits per heavy atom. The van der Waals surface area contributed by atoms with Gasteiger partial charge >= 0.3 is 0 Å². The summed E-state index contributed by atoms with van der Waals surface area (Å²) in [6, 6.07) is 9.81. The van der Waals surface area contributed by atoms with Crippen LogP contribution in [0.5, 0.6) is 0 Å². The Morgan fingerprint density at radius 2 is 1.71 bits per heavy atom. The fraction of sp³-hybridized carbons (Fsp3) is 0.364. The van der Waals surface area contributed by atoms with Crippen molar-refractivity contribution in [1.82, 2.24) is 10.2 Å². The summed E-state index contributed by atoms with van der Waals surface area (Å²) in [5.41, 5.74) is 1.51. The smallest absolute Gasteiger partial charge is 0.242 e. The zero-order valence-electron chi connectivity index (χ0n) is 17.3. The molecule has 1 atom stereocenters. The molecule has 31 heavy (non-hydrogen) atoms. The van der Waals surface area contributed by atoms with E-state index in [1.807, 2.05) is 13.8 Å². The number of hydrogen-bond acceptors (Lipinski definition) is 3. The van der Waals surface area contributed by atoms with E-state index in [2.05, 4.69) is 5.32 Å². The Morgan fingerprint density at radius 3 is 2.29 bits per heavy atom. The van der Waals surface area contributed by atoms with Crippen LogP contribution >= 0.6 is 58.2 Å². The van der Waals surface area contributed by atoms with Gasteiger partial charge in [0, 0.05) is 38.9 Å². The minimum Gasteiger partial charge on any atom is -0.355 e. The minimum absolute atomic E-state index is 0.169. The van der Waals surface area contributed by atoms with Crippen LogP contribution in [0.2, 0.25) is 20.1 Å². The fourth-order valence-corrected chi connectivity index (χ4v) is 5.15. The monoisotopic (exact) mass is 520 g/mol. The van der Waals surface area contributed by atoms with Gasteiger partial charge in [-0.1, -0.05) is 65.5 Å². The van der Waals surface area contributed by atoms with Crippen LogP contribution in [-0.4, -0.2) is 35.1 Å². The molecule has 2 aromatic rings. The number of halogens is 4. The van der Waals surface area contributed by atoms with Crippen molar-refractivity contribution in [2.45, 2.75) is 38.6 Å². The molecule has 0 aliphatic carbocycles. The van der Waals surface area contributed by atoms with Crippen molar-refractivity contribution in [2.75, 3.05) is 12.3 Å². The number of benzene rings is 2. The highest BCUT2D eigenvalue weighted by atomic mass is 35.5. The molecule has 0 aliphatic rings. The molecular formula is C22H24Cl4N2O2S. The van der Waals surface area contributed by atoms with Gasteiger partial charge in [-0.3, -0.25) is 9.59 Å². The predicted molar refractivity (Wildman–Crippen MR) is 132 cm³/mol. The molecule has 0 saturated carbocycles. The number of carbonyl (C=O) groups is 2. The molecular weight excluding hydrogens is 498 g/mol. The molecule has 0 heterocycles. The molecule has 2 rings (SSSR count). The summed E-state index contributed by atoms with van der Waals surface area (Å²) < 4.78 is 0. The average Bonchev–Trinajstić information content (AvgIpc) is 2.71. The molecule has 0 fully saturated rings. The summed E-state index contributed by atoms with van der Waals surface area (Å²) in [6.07, 6.45) is 0.476.